The lowest BCUT2D eigenvalue weighted by Crippen LogP contribution is -2.48. The van der Waals surface area contributed by atoms with Gasteiger partial charge >= 0.3 is 5.63 Å². The molecule has 1 atom stereocenters. The van der Waals surface area contributed by atoms with E-state index in [1.54, 1.807) is 47.4 Å². The Morgan fingerprint density at radius 3 is 2.63 bits per heavy atom. The van der Waals surface area contributed by atoms with Crippen LogP contribution in [0.4, 0.5) is 5.69 Å². The average molecular weight is 399 g/mol. The standard InChI is InChI=1S/C23H17N3O4/c1-2-11-26-16-9-5-4-8-14(16)23(22(26)28)15(12-24)20(25)30-19-13-7-3-6-10-17(13)29-21(27)18(19)23/h3-10H,2,11,25H2,1H3/t23-/m1/s1. The van der Waals surface area contributed by atoms with Gasteiger partial charge < -0.3 is 19.8 Å². The van der Waals surface area contributed by atoms with Crippen molar-refractivity contribution < 1.29 is 13.9 Å². The minimum Gasteiger partial charge on any atom is -0.439 e. The van der Waals surface area contributed by atoms with Gasteiger partial charge in [-0.05, 0) is 24.6 Å². The van der Waals surface area contributed by atoms with Gasteiger partial charge in [-0.25, -0.2) is 4.79 Å². The zero-order valence-electron chi connectivity index (χ0n) is 16.1. The number of nitrogens with zero attached hydrogens (tertiary/aromatic N) is 2. The fourth-order valence-corrected chi connectivity index (χ4v) is 4.54. The summed E-state index contributed by atoms with van der Waals surface area (Å²) in [6.45, 7) is 2.39. The maximum Gasteiger partial charge on any atom is 0.345 e. The van der Waals surface area contributed by atoms with E-state index in [-0.39, 0.29) is 22.8 Å². The van der Waals surface area contributed by atoms with Crippen molar-refractivity contribution in [3.05, 3.63) is 81.5 Å². The van der Waals surface area contributed by atoms with Crippen molar-refractivity contribution in [2.75, 3.05) is 11.4 Å². The van der Waals surface area contributed by atoms with Crippen LogP contribution >= 0.6 is 0 Å². The number of anilines is 1. The molecule has 1 aromatic heterocycles. The number of fused-ring (bicyclic) bond motifs is 6. The molecule has 2 aliphatic heterocycles. The van der Waals surface area contributed by atoms with Gasteiger partial charge in [0.05, 0.1) is 5.39 Å². The Hall–Kier alpha value is -4.05. The average Bonchev–Trinajstić information content (AvgIpc) is 2.98. The molecule has 148 valence electrons. The van der Waals surface area contributed by atoms with Crippen LogP contribution in [0.1, 0.15) is 24.5 Å². The zero-order chi connectivity index (χ0) is 21.0. The Morgan fingerprint density at radius 1 is 1.13 bits per heavy atom. The van der Waals surface area contributed by atoms with Gasteiger partial charge in [-0.1, -0.05) is 37.3 Å². The molecule has 0 saturated carbocycles. The lowest BCUT2D eigenvalue weighted by Gasteiger charge is -2.33. The molecule has 0 radical (unpaired) electrons. The number of ether oxygens (including phenoxy) is 1. The van der Waals surface area contributed by atoms with Crippen LogP contribution < -0.4 is 21.0 Å². The third-order valence-electron chi connectivity index (χ3n) is 5.70. The van der Waals surface area contributed by atoms with E-state index in [9.17, 15) is 14.9 Å². The van der Waals surface area contributed by atoms with Crippen molar-refractivity contribution >= 4 is 22.6 Å². The van der Waals surface area contributed by atoms with Gasteiger partial charge in [0.25, 0.3) is 0 Å². The number of benzene rings is 2. The normalized spacial score (nSPS) is 19.6. The summed E-state index contributed by atoms with van der Waals surface area (Å²) < 4.78 is 11.3. The van der Waals surface area contributed by atoms with Crippen LogP contribution in [0.5, 0.6) is 5.75 Å². The lowest BCUT2D eigenvalue weighted by atomic mass is 9.69. The summed E-state index contributed by atoms with van der Waals surface area (Å²) in [6.07, 6.45) is 0.701. The molecule has 1 spiro atoms. The quantitative estimate of drug-likeness (QED) is 0.664. The lowest BCUT2D eigenvalue weighted by molar-refractivity contribution is -0.121. The van der Waals surface area contributed by atoms with Crippen LogP contribution in [0, 0.1) is 11.3 Å². The molecule has 2 N–H and O–H groups in total. The van der Waals surface area contributed by atoms with Gasteiger partial charge in [0.2, 0.25) is 11.8 Å². The van der Waals surface area contributed by atoms with Crippen LogP contribution in [0.2, 0.25) is 0 Å². The summed E-state index contributed by atoms with van der Waals surface area (Å²) in [6, 6.07) is 16.0. The topological polar surface area (TPSA) is 110 Å². The molecule has 2 aromatic carbocycles. The second-order valence-corrected chi connectivity index (χ2v) is 7.27. The molecule has 2 aliphatic rings. The van der Waals surface area contributed by atoms with Crippen LogP contribution in [0.25, 0.3) is 11.0 Å². The Morgan fingerprint density at radius 2 is 1.87 bits per heavy atom. The summed E-state index contributed by atoms with van der Waals surface area (Å²) >= 11 is 0. The van der Waals surface area contributed by atoms with Crippen molar-refractivity contribution in [2.24, 2.45) is 5.73 Å². The molecule has 0 bridgehead atoms. The predicted octanol–water partition coefficient (Wildman–Crippen LogP) is 2.92. The summed E-state index contributed by atoms with van der Waals surface area (Å²) in [4.78, 5) is 28.8. The molecule has 0 aliphatic carbocycles. The second kappa shape index (κ2) is 6.22. The smallest absolute Gasteiger partial charge is 0.345 e. The van der Waals surface area contributed by atoms with Gasteiger partial charge in [0.1, 0.15) is 22.8 Å². The molecule has 7 nitrogen and oxygen atoms in total. The van der Waals surface area contributed by atoms with Gasteiger partial charge in [0.15, 0.2) is 11.2 Å². The van der Waals surface area contributed by atoms with Crippen molar-refractivity contribution in [2.45, 2.75) is 18.8 Å². The second-order valence-electron chi connectivity index (χ2n) is 7.27. The highest BCUT2D eigenvalue weighted by atomic mass is 16.5. The molecule has 1 amide bonds. The number of nitrogens with two attached hydrogens (primary N) is 1. The Balaban J connectivity index is 1.99. The first-order chi connectivity index (χ1) is 14.6. The number of hydrogen-bond donors (Lipinski definition) is 1. The molecular weight excluding hydrogens is 382 g/mol. The summed E-state index contributed by atoms with van der Waals surface area (Å²) in [5, 5.41) is 10.5. The Bertz CT molecular complexity index is 1360. The van der Waals surface area contributed by atoms with Gasteiger partial charge in [-0.3, -0.25) is 4.79 Å². The Labute approximate surface area is 171 Å². The molecule has 5 rings (SSSR count). The van der Waals surface area contributed by atoms with E-state index < -0.39 is 16.9 Å². The number of para-hydroxylation sites is 2. The van der Waals surface area contributed by atoms with Crippen molar-refractivity contribution in [3.63, 3.8) is 0 Å². The number of amides is 1. The first-order valence-electron chi connectivity index (χ1n) is 9.61. The van der Waals surface area contributed by atoms with Gasteiger partial charge in [-0.2, -0.15) is 5.26 Å². The van der Waals surface area contributed by atoms with Crippen LogP contribution in [0.3, 0.4) is 0 Å². The van der Waals surface area contributed by atoms with E-state index in [0.29, 0.717) is 35.2 Å². The van der Waals surface area contributed by atoms with E-state index >= 15 is 0 Å². The van der Waals surface area contributed by atoms with E-state index in [4.69, 9.17) is 14.9 Å². The van der Waals surface area contributed by atoms with Crippen molar-refractivity contribution in [1.29, 1.82) is 5.26 Å². The largest absolute Gasteiger partial charge is 0.439 e. The van der Waals surface area contributed by atoms with Gasteiger partial charge in [0, 0.05) is 17.8 Å². The van der Waals surface area contributed by atoms with Gasteiger partial charge in [-0.15, -0.1) is 0 Å². The fourth-order valence-electron chi connectivity index (χ4n) is 4.54. The van der Waals surface area contributed by atoms with E-state index in [0.717, 1.165) is 0 Å². The fraction of sp³-hybridized carbons (Fsp3) is 0.174. The predicted molar refractivity (Wildman–Crippen MR) is 110 cm³/mol. The van der Waals surface area contributed by atoms with Crippen molar-refractivity contribution in [1.82, 2.24) is 0 Å². The number of hydrogen-bond acceptors (Lipinski definition) is 6. The first-order valence-corrected chi connectivity index (χ1v) is 9.61. The van der Waals surface area contributed by atoms with E-state index in [2.05, 4.69) is 0 Å². The minimum absolute atomic E-state index is 0.0111. The third-order valence-corrected chi connectivity index (χ3v) is 5.70. The highest BCUT2D eigenvalue weighted by Gasteiger charge is 2.61. The summed E-state index contributed by atoms with van der Waals surface area (Å²) in [5.74, 6) is -0.445. The number of carbonyl (C=O) groups excluding carboxylic acids is 1. The molecule has 3 heterocycles. The van der Waals surface area contributed by atoms with Crippen LogP contribution in [-0.4, -0.2) is 12.5 Å². The van der Waals surface area contributed by atoms with E-state index in [1.165, 1.54) is 0 Å². The molecule has 0 saturated heterocycles. The van der Waals surface area contributed by atoms with Crippen LogP contribution in [0.15, 0.2) is 69.2 Å². The monoisotopic (exact) mass is 399 g/mol. The minimum atomic E-state index is -1.71. The third kappa shape index (κ3) is 2.02. The highest BCUT2D eigenvalue weighted by molar-refractivity contribution is 6.14. The molecule has 0 unspecified atom stereocenters. The molecule has 30 heavy (non-hydrogen) atoms. The summed E-state index contributed by atoms with van der Waals surface area (Å²) in [7, 11) is 0. The van der Waals surface area contributed by atoms with Crippen molar-refractivity contribution in [3.8, 4) is 11.8 Å². The number of carbonyl (C=O) groups is 1. The van der Waals surface area contributed by atoms with E-state index in [1.807, 2.05) is 19.1 Å². The first kappa shape index (κ1) is 18.0. The summed E-state index contributed by atoms with van der Waals surface area (Å²) in [5.41, 5.74) is 5.10. The van der Waals surface area contributed by atoms with Crippen LogP contribution in [-0.2, 0) is 10.2 Å². The number of rotatable bonds is 2. The molecule has 3 aromatic rings. The Kier molecular flexibility index (Phi) is 3.74. The highest BCUT2D eigenvalue weighted by Crippen LogP contribution is 2.55. The maximum absolute atomic E-state index is 13.9. The maximum atomic E-state index is 13.9. The number of nitriles is 1. The molecule has 7 heteroatoms. The zero-order valence-corrected chi connectivity index (χ0v) is 16.1. The SMILES string of the molecule is CCCN1C(=O)[C@@]2(C(C#N)=C(N)Oc3c2c(=O)oc2ccccc32)c2ccccc21. The molecule has 0 fully saturated rings. The molecular formula is C23H17N3O4.